The van der Waals surface area contributed by atoms with Gasteiger partial charge < -0.3 is 0 Å². The highest BCUT2D eigenvalue weighted by atomic mass is 16.1. The summed E-state index contributed by atoms with van der Waals surface area (Å²) in [7, 11) is 0. The molecule has 0 aromatic heterocycles. The van der Waals surface area contributed by atoms with Crippen LogP contribution in [-0.4, -0.2) is 23.3 Å². The normalized spacial score (nSPS) is 21.1. The molecule has 1 unspecified atom stereocenters. The predicted molar refractivity (Wildman–Crippen MR) is 79.1 cm³/mol. The SMILES string of the molecule is CC(=O)CC1CCCCCN1Cc1ccccc1C. The van der Waals surface area contributed by atoms with Crippen LogP contribution >= 0.6 is 0 Å². The molecule has 0 N–H and O–H groups in total. The number of likely N-dealkylation sites (tertiary alicyclic amines) is 1. The molecule has 0 radical (unpaired) electrons. The first-order chi connectivity index (χ1) is 9.16. The van der Waals surface area contributed by atoms with Crippen LogP contribution in [0.5, 0.6) is 0 Å². The van der Waals surface area contributed by atoms with Gasteiger partial charge in [0.15, 0.2) is 0 Å². The molecule has 0 saturated carbocycles. The summed E-state index contributed by atoms with van der Waals surface area (Å²) in [5, 5.41) is 0. The number of carbonyl (C=O) groups excluding carboxylic acids is 1. The molecule has 1 aromatic rings. The van der Waals surface area contributed by atoms with Crippen molar-refractivity contribution in [3.63, 3.8) is 0 Å². The molecule has 0 amide bonds. The first kappa shape index (κ1) is 14.3. The second-order valence-corrected chi connectivity index (χ2v) is 5.81. The minimum absolute atomic E-state index is 0.321. The fourth-order valence-electron chi connectivity index (χ4n) is 3.01. The zero-order chi connectivity index (χ0) is 13.7. The van der Waals surface area contributed by atoms with Gasteiger partial charge in [0, 0.05) is 19.0 Å². The molecule has 2 heteroatoms. The van der Waals surface area contributed by atoms with Crippen molar-refractivity contribution in [3.8, 4) is 0 Å². The predicted octanol–water partition coefficient (Wildman–Crippen LogP) is 3.72. The summed E-state index contributed by atoms with van der Waals surface area (Å²) in [4.78, 5) is 14.0. The van der Waals surface area contributed by atoms with E-state index in [0.29, 0.717) is 18.2 Å². The van der Waals surface area contributed by atoms with E-state index in [1.807, 2.05) is 0 Å². The lowest BCUT2D eigenvalue weighted by Gasteiger charge is -2.29. The Bertz CT molecular complexity index is 427. The van der Waals surface area contributed by atoms with Crippen LogP contribution in [0, 0.1) is 6.92 Å². The maximum absolute atomic E-state index is 11.5. The number of aryl methyl sites for hydroxylation is 1. The molecule has 19 heavy (non-hydrogen) atoms. The highest BCUT2D eigenvalue weighted by Crippen LogP contribution is 2.22. The minimum Gasteiger partial charge on any atom is -0.300 e. The fourth-order valence-corrected chi connectivity index (χ4v) is 3.01. The van der Waals surface area contributed by atoms with Crippen molar-refractivity contribution in [3.05, 3.63) is 35.4 Å². The zero-order valence-electron chi connectivity index (χ0n) is 12.2. The van der Waals surface area contributed by atoms with Crippen molar-refractivity contribution >= 4 is 5.78 Å². The Hall–Kier alpha value is -1.15. The molecule has 1 aromatic carbocycles. The highest BCUT2D eigenvalue weighted by molar-refractivity contribution is 5.76. The number of hydrogen-bond donors (Lipinski definition) is 0. The van der Waals surface area contributed by atoms with E-state index < -0.39 is 0 Å². The van der Waals surface area contributed by atoms with Crippen LogP contribution in [0.1, 0.15) is 50.2 Å². The molecule has 1 aliphatic heterocycles. The van der Waals surface area contributed by atoms with E-state index in [1.54, 1.807) is 6.92 Å². The van der Waals surface area contributed by atoms with E-state index >= 15 is 0 Å². The van der Waals surface area contributed by atoms with E-state index in [2.05, 4.69) is 36.1 Å². The number of rotatable bonds is 4. The third kappa shape index (κ3) is 4.17. The van der Waals surface area contributed by atoms with Crippen LogP contribution in [0.3, 0.4) is 0 Å². The molecule has 0 bridgehead atoms. The number of hydrogen-bond acceptors (Lipinski definition) is 2. The summed E-state index contributed by atoms with van der Waals surface area (Å²) in [6.45, 7) is 6.01. The van der Waals surface area contributed by atoms with Crippen molar-refractivity contribution in [2.75, 3.05) is 6.54 Å². The van der Waals surface area contributed by atoms with Gasteiger partial charge in [0.1, 0.15) is 5.78 Å². The summed E-state index contributed by atoms with van der Waals surface area (Å²) >= 11 is 0. The maximum Gasteiger partial charge on any atom is 0.131 e. The lowest BCUT2D eigenvalue weighted by atomic mass is 10.0. The third-order valence-electron chi connectivity index (χ3n) is 4.16. The van der Waals surface area contributed by atoms with Crippen molar-refractivity contribution in [2.45, 2.75) is 58.5 Å². The summed E-state index contributed by atoms with van der Waals surface area (Å²) < 4.78 is 0. The standard InChI is InChI=1S/C17H25NO/c1-14-8-5-6-9-16(14)13-18-11-7-3-4-10-17(18)12-15(2)19/h5-6,8-9,17H,3-4,7,10-13H2,1-2H3. The van der Waals surface area contributed by atoms with Crippen LogP contribution in [-0.2, 0) is 11.3 Å². The first-order valence-electron chi connectivity index (χ1n) is 7.45. The summed E-state index contributed by atoms with van der Waals surface area (Å²) in [6, 6.07) is 9.03. The quantitative estimate of drug-likeness (QED) is 0.821. The summed E-state index contributed by atoms with van der Waals surface area (Å²) in [5.41, 5.74) is 2.76. The Kier molecular flexibility index (Phi) is 5.15. The first-order valence-corrected chi connectivity index (χ1v) is 7.45. The lowest BCUT2D eigenvalue weighted by Crippen LogP contribution is -2.35. The van der Waals surface area contributed by atoms with Gasteiger partial charge >= 0.3 is 0 Å². The van der Waals surface area contributed by atoms with Crippen molar-refractivity contribution in [1.29, 1.82) is 0 Å². The smallest absolute Gasteiger partial charge is 0.131 e. The highest BCUT2D eigenvalue weighted by Gasteiger charge is 2.22. The molecule has 0 spiro atoms. The summed E-state index contributed by atoms with van der Waals surface area (Å²) in [6.07, 6.45) is 5.72. The molecule has 1 fully saturated rings. The Morgan fingerprint density at radius 3 is 2.79 bits per heavy atom. The molecule has 0 aliphatic carbocycles. The number of Topliss-reactive ketones (excluding diaryl/α,β-unsaturated/α-hetero) is 1. The Morgan fingerprint density at radius 2 is 2.05 bits per heavy atom. The van der Waals surface area contributed by atoms with Gasteiger partial charge in [0.2, 0.25) is 0 Å². The van der Waals surface area contributed by atoms with E-state index in [1.165, 1.54) is 36.8 Å². The molecule has 1 aliphatic rings. The van der Waals surface area contributed by atoms with E-state index in [0.717, 1.165) is 13.1 Å². The van der Waals surface area contributed by atoms with Crippen molar-refractivity contribution < 1.29 is 4.79 Å². The maximum atomic E-state index is 11.5. The van der Waals surface area contributed by atoms with Crippen LogP contribution in [0.4, 0.5) is 0 Å². The summed E-state index contributed by atoms with van der Waals surface area (Å²) in [5.74, 6) is 0.321. The Morgan fingerprint density at radius 1 is 1.26 bits per heavy atom. The average Bonchev–Trinajstić information content (AvgIpc) is 2.58. The van der Waals surface area contributed by atoms with Gasteiger partial charge in [-0.15, -0.1) is 0 Å². The minimum atomic E-state index is 0.321. The Balaban J connectivity index is 2.09. The molecular formula is C17H25NO. The van der Waals surface area contributed by atoms with Crippen LogP contribution in [0.2, 0.25) is 0 Å². The largest absolute Gasteiger partial charge is 0.300 e. The van der Waals surface area contributed by atoms with Gasteiger partial charge in [-0.3, -0.25) is 9.69 Å². The zero-order valence-corrected chi connectivity index (χ0v) is 12.2. The van der Waals surface area contributed by atoms with Gasteiger partial charge in [0.05, 0.1) is 0 Å². The number of benzene rings is 1. The monoisotopic (exact) mass is 259 g/mol. The van der Waals surface area contributed by atoms with Crippen molar-refractivity contribution in [1.82, 2.24) is 4.90 Å². The number of ketones is 1. The van der Waals surface area contributed by atoms with E-state index in [4.69, 9.17) is 0 Å². The molecule has 104 valence electrons. The van der Waals surface area contributed by atoms with Gasteiger partial charge in [-0.1, -0.05) is 37.1 Å². The van der Waals surface area contributed by atoms with Crippen LogP contribution in [0.15, 0.2) is 24.3 Å². The van der Waals surface area contributed by atoms with Crippen LogP contribution < -0.4 is 0 Å². The fraction of sp³-hybridized carbons (Fsp3) is 0.588. The molecular weight excluding hydrogens is 234 g/mol. The van der Waals surface area contributed by atoms with Crippen molar-refractivity contribution in [2.24, 2.45) is 0 Å². The Labute approximate surface area is 116 Å². The van der Waals surface area contributed by atoms with Gasteiger partial charge in [0.25, 0.3) is 0 Å². The van der Waals surface area contributed by atoms with Gasteiger partial charge in [-0.2, -0.15) is 0 Å². The topological polar surface area (TPSA) is 20.3 Å². The molecule has 1 saturated heterocycles. The van der Waals surface area contributed by atoms with Crippen LogP contribution in [0.25, 0.3) is 0 Å². The second-order valence-electron chi connectivity index (χ2n) is 5.81. The number of nitrogens with zero attached hydrogens (tertiary/aromatic N) is 1. The van der Waals surface area contributed by atoms with Gasteiger partial charge in [-0.25, -0.2) is 0 Å². The average molecular weight is 259 g/mol. The van der Waals surface area contributed by atoms with Gasteiger partial charge in [-0.05, 0) is 44.4 Å². The second kappa shape index (κ2) is 6.85. The molecule has 1 heterocycles. The molecule has 2 nitrogen and oxygen atoms in total. The van der Waals surface area contributed by atoms with E-state index in [9.17, 15) is 4.79 Å². The molecule has 2 rings (SSSR count). The number of carbonyl (C=O) groups is 1. The van der Waals surface area contributed by atoms with E-state index in [-0.39, 0.29) is 0 Å². The lowest BCUT2D eigenvalue weighted by molar-refractivity contribution is -0.118. The third-order valence-corrected chi connectivity index (χ3v) is 4.16. The molecule has 1 atom stereocenters.